The fourth-order valence-corrected chi connectivity index (χ4v) is 1.13. The molecule has 0 fully saturated rings. The van der Waals surface area contributed by atoms with Crippen molar-refractivity contribution in [3.05, 3.63) is 29.8 Å². The first-order valence-electron chi connectivity index (χ1n) is 4.35. The van der Waals surface area contributed by atoms with E-state index in [9.17, 15) is 0 Å². The van der Waals surface area contributed by atoms with Crippen LogP contribution in [0.2, 0.25) is 0 Å². The van der Waals surface area contributed by atoms with Crippen LogP contribution in [0.5, 0.6) is 5.75 Å². The summed E-state index contributed by atoms with van der Waals surface area (Å²) in [4.78, 5) is 0. The second-order valence-corrected chi connectivity index (χ2v) is 3.77. The standard InChI is InChI=1S/C11H16O2/c1-11(2,8-12)9-4-6-10(13-3)7-5-9/h4-7,12H,8H2,1-3H3. The van der Waals surface area contributed by atoms with E-state index in [2.05, 4.69) is 0 Å². The third kappa shape index (κ3) is 2.22. The van der Waals surface area contributed by atoms with Gasteiger partial charge in [-0.1, -0.05) is 26.0 Å². The number of aliphatic hydroxyl groups is 1. The van der Waals surface area contributed by atoms with Crippen molar-refractivity contribution in [2.75, 3.05) is 13.7 Å². The van der Waals surface area contributed by atoms with Crippen molar-refractivity contribution in [1.29, 1.82) is 0 Å². The molecule has 0 spiro atoms. The lowest BCUT2D eigenvalue weighted by atomic mass is 9.86. The van der Waals surface area contributed by atoms with Crippen molar-refractivity contribution in [1.82, 2.24) is 0 Å². The van der Waals surface area contributed by atoms with Gasteiger partial charge in [0, 0.05) is 5.41 Å². The third-order valence-electron chi connectivity index (χ3n) is 2.27. The molecule has 0 saturated heterocycles. The molecular weight excluding hydrogens is 164 g/mol. The molecule has 0 heterocycles. The quantitative estimate of drug-likeness (QED) is 0.770. The van der Waals surface area contributed by atoms with Gasteiger partial charge in [-0.2, -0.15) is 0 Å². The molecule has 0 aliphatic carbocycles. The van der Waals surface area contributed by atoms with Crippen LogP contribution in [0.15, 0.2) is 24.3 Å². The van der Waals surface area contributed by atoms with Crippen LogP contribution < -0.4 is 4.74 Å². The van der Waals surface area contributed by atoms with Gasteiger partial charge in [-0.15, -0.1) is 0 Å². The molecule has 0 amide bonds. The summed E-state index contributed by atoms with van der Waals surface area (Å²) in [6, 6.07) is 7.78. The highest BCUT2D eigenvalue weighted by Crippen LogP contribution is 2.24. The summed E-state index contributed by atoms with van der Waals surface area (Å²) in [6.07, 6.45) is 0. The van der Waals surface area contributed by atoms with Crippen LogP contribution in [-0.2, 0) is 5.41 Å². The van der Waals surface area contributed by atoms with Crippen LogP contribution in [0.4, 0.5) is 0 Å². The lowest BCUT2D eigenvalue weighted by Gasteiger charge is -2.22. The molecule has 1 rings (SSSR count). The monoisotopic (exact) mass is 180 g/mol. The smallest absolute Gasteiger partial charge is 0.118 e. The highest BCUT2D eigenvalue weighted by atomic mass is 16.5. The third-order valence-corrected chi connectivity index (χ3v) is 2.27. The summed E-state index contributed by atoms with van der Waals surface area (Å²) < 4.78 is 5.05. The maximum atomic E-state index is 9.14. The molecule has 1 N–H and O–H groups in total. The number of hydrogen-bond donors (Lipinski definition) is 1. The molecule has 0 unspecified atom stereocenters. The van der Waals surface area contributed by atoms with Crippen LogP contribution in [0.1, 0.15) is 19.4 Å². The molecule has 72 valence electrons. The molecular formula is C11H16O2. The van der Waals surface area contributed by atoms with E-state index in [1.54, 1.807) is 7.11 Å². The van der Waals surface area contributed by atoms with Crippen molar-refractivity contribution in [3.63, 3.8) is 0 Å². The first-order chi connectivity index (χ1) is 6.10. The zero-order valence-corrected chi connectivity index (χ0v) is 8.37. The van der Waals surface area contributed by atoms with E-state index in [4.69, 9.17) is 9.84 Å². The summed E-state index contributed by atoms with van der Waals surface area (Å²) >= 11 is 0. The summed E-state index contributed by atoms with van der Waals surface area (Å²) in [5.74, 6) is 0.845. The molecule has 0 saturated carbocycles. The second-order valence-electron chi connectivity index (χ2n) is 3.77. The average molecular weight is 180 g/mol. The van der Waals surface area contributed by atoms with Gasteiger partial charge in [-0.3, -0.25) is 0 Å². The number of hydrogen-bond acceptors (Lipinski definition) is 2. The van der Waals surface area contributed by atoms with Gasteiger partial charge in [-0.05, 0) is 17.7 Å². The minimum Gasteiger partial charge on any atom is -0.497 e. The number of aliphatic hydroxyl groups excluding tert-OH is 1. The van der Waals surface area contributed by atoms with Gasteiger partial charge in [0.15, 0.2) is 0 Å². The van der Waals surface area contributed by atoms with Gasteiger partial charge in [0.1, 0.15) is 5.75 Å². The Hall–Kier alpha value is -1.02. The molecule has 0 atom stereocenters. The van der Waals surface area contributed by atoms with Gasteiger partial charge in [0.05, 0.1) is 13.7 Å². The van der Waals surface area contributed by atoms with Gasteiger partial charge < -0.3 is 9.84 Å². The van der Waals surface area contributed by atoms with E-state index < -0.39 is 0 Å². The zero-order valence-electron chi connectivity index (χ0n) is 8.37. The van der Waals surface area contributed by atoms with E-state index in [0.717, 1.165) is 11.3 Å². The maximum Gasteiger partial charge on any atom is 0.118 e. The van der Waals surface area contributed by atoms with Gasteiger partial charge in [0.2, 0.25) is 0 Å². The van der Waals surface area contributed by atoms with Crippen LogP contribution in [0, 0.1) is 0 Å². The van der Waals surface area contributed by atoms with Crippen molar-refractivity contribution in [2.24, 2.45) is 0 Å². The largest absolute Gasteiger partial charge is 0.497 e. The number of benzene rings is 1. The summed E-state index contributed by atoms with van der Waals surface area (Å²) in [7, 11) is 1.65. The Morgan fingerprint density at radius 1 is 1.23 bits per heavy atom. The topological polar surface area (TPSA) is 29.5 Å². The van der Waals surface area contributed by atoms with Crippen molar-refractivity contribution in [2.45, 2.75) is 19.3 Å². The summed E-state index contributed by atoms with van der Waals surface area (Å²) in [5, 5.41) is 9.14. The highest BCUT2D eigenvalue weighted by Gasteiger charge is 2.18. The molecule has 0 aromatic heterocycles. The van der Waals surface area contributed by atoms with E-state index in [-0.39, 0.29) is 12.0 Å². The first kappa shape index (κ1) is 10.1. The zero-order chi connectivity index (χ0) is 9.90. The number of methoxy groups -OCH3 is 1. The molecule has 1 aromatic carbocycles. The molecule has 0 bridgehead atoms. The predicted octanol–water partition coefficient (Wildman–Crippen LogP) is 1.97. The number of ether oxygens (including phenoxy) is 1. The molecule has 0 aliphatic heterocycles. The predicted molar refractivity (Wildman–Crippen MR) is 53.1 cm³/mol. The SMILES string of the molecule is COc1ccc(C(C)(C)CO)cc1. The van der Waals surface area contributed by atoms with Crippen LogP contribution in [0.25, 0.3) is 0 Å². The Kier molecular flexibility index (Phi) is 2.94. The van der Waals surface area contributed by atoms with Crippen LogP contribution >= 0.6 is 0 Å². The van der Waals surface area contributed by atoms with E-state index in [1.807, 2.05) is 38.1 Å². The molecule has 0 aliphatic rings. The van der Waals surface area contributed by atoms with E-state index >= 15 is 0 Å². The van der Waals surface area contributed by atoms with Crippen LogP contribution in [-0.4, -0.2) is 18.8 Å². The minimum atomic E-state index is -0.174. The maximum absolute atomic E-state index is 9.14. The lowest BCUT2D eigenvalue weighted by molar-refractivity contribution is 0.218. The van der Waals surface area contributed by atoms with Crippen molar-refractivity contribution in [3.8, 4) is 5.75 Å². The summed E-state index contributed by atoms with van der Waals surface area (Å²) in [6.45, 7) is 4.17. The van der Waals surface area contributed by atoms with Gasteiger partial charge in [-0.25, -0.2) is 0 Å². The second kappa shape index (κ2) is 3.79. The first-order valence-corrected chi connectivity index (χ1v) is 4.35. The molecule has 2 nitrogen and oxygen atoms in total. The molecule has 2 heteroatoms. The van der Waals surface area contributed by atoms with E-state index in [1.165, 1.54) is 0 Å². The van der Waals surface area contributed by atoms with Gasteiger partial charge in [0.25, 0.3) is 0 Å². The lowest BCUT2D eigenvalue weighted by Crippen LogP contribution is -2.21. The fraction of sp³-hybridized carbons (Fsp3) is 0.455. The Bertz CT molecular complexity index is 262. The minimum absolute atomic E-state index is 0.152. The molecule has 1 aromatic rings. The summed E-state index contributed by atoms with van der Waals surface area (Å²) in [5.41, 5.74) is 0.947. The van der Waals surface area contributed by atoms with Crippen molar-refractivity contribution >= 4 is 0 Å². The van der Waals surface area contributed by atoms with E-state index in [0.29, 0.717) is 0 Å². The number of rotatable bonds is 3. The molecule has 0 radical (unpaired) electrons. The molecule has 13 heavy (non-hydrogen) atoms. The normalized spacial score (nSPS) is 11.4. The fourth-order valence-electron chi connectivity index (χ4n) is 1.13. The van der Waals surface area contributed by atoms with Crippen molar-refractivity contribution < 1.29 is 9.84 Å². The Labute approximate surface area is 79.2 Å². The Morgan fingerprint density at radius 3 is 2.15 bits per heavy atom. The highest BCUT2D eigenvalue weighted by molar-refractivity contribution is 5.31. The van der Waals surface area contributed by atoms with Gasteiger partial charge >= 0.3 is 0 Å². The average Bonchev–Trinajstić information content (AvgIpc) is 2.18. The Balaban J connectivity index is 2.92. The Morgan fingerprint density at radius 2 is 1.77 bits per heavy atom. The van der Waals surface area contributed by atoms with Crippen LogP contribution in [0.3, 0.4) is 0 Å².